The summed E-state index contributed by atoms with van der Waals surface area (Å²) in [4.78, 5) is 12.5. The van der Waals surface area contributed by atoms with E-state index in [4.69, 9.17) is 23.7 Å². The molecular weight excluding hydrogens is 606 g/mol. The average Bonchev–Trinajstić information content (AvgIpc) is 3.90. The second-order valence-electron chi connectivity index (χ2n) is 11.4. The molecule has 0 spiro atoms. The molecule has 0 radical (unpaired) electrons. The lowest BCUT2D eigenvalue weighted by atomic mass is 9.97. The zero-order valence-electron chi connectivity index (χ0n) is 25.9. The number of nitrogens with zero attached hydrogens (tertiary/aromatic N) is 1. The van der Waals surface area contributed by atoms with Crippen LogP contribution < -0.4 is 23.7 Å². The van der Waals surface area contributed by atoms with Gasteiger partial charge in [0, 0.05) is 24.0 Å². The van der Waals surface area contributed by atoms with E-state index in [2.05, 4.69) is 0 Å². The van der Waals surface area contributed by atoms with Gasteiger partial charge in [-0.15, -0.1) is 0 Å². The van der Waals surface area contributed by atoms with E-state index in [1.165, 1.54) is 0 Å². The van der Waals surface area contributed by atoms with Gasteiger partial charge in [0.2, 0.25) is 13.6 Å². The molecule has 9 rings (SSSR count). The number of rotatable bonds is 4. The Morgan fingerprint density at radius 1 is 0.604 bits per heavy atom. The maximum absolute atomic E-state index is 12.5. The van der Waals surface area contributed by atoms with E-state index in [1.54, 1.807) is 16.7 Å². The molecular formula is C40H29NO7. The molecule has 236 valence electrons. The van der Waals surface area contributed by atoms with Crippen molar-refractivity contribution in [2.24, 2.45) is 7.05 Å². The predicted octanol–water partition coefficient (Wildman–Crippen LogP) is 8.73. The number of carbonyl (C=O) groups excluding carboxylic acids is 1. The van der Waals surface area contributed by atoms with E-state index in [0.717, 1.165) is 66.8 Å². The Hall–Kier alpha value is -6.41. The van der Waals surface area contributed by atoms with Crippen molar-refractivity contribution in [3.63, 3.8) is 0 Å². The second-order valence-corrected chi connectivity index (χ2v) is 11.4. The first-order chi connectivity index (χ1) is 23.5. The maximum atomic E-state index is 12.5. The van der Waals surface area contributed by atoms with Crippen LogP contribution >= 0.6 is 0 Å². The fourth-order valence-corrected chi connectivity index (χ4v) is 6.10. The number of fused-ring (bicyclic) bond motifs is 4. The average molecular weight is 636 g/mol. The number of aromatic hydroxyl groups is 1. The molecule has 8 nitrogen and oxygen atoms in total. The molecule has 0 fully saturated rings. The smallest absolute Gasteiger partial charge is 0.360 e. The van der Waals surface area contributed by atoms with Gasteiger partial charge in [-0.2, -0.15) is 0 Å². The number of esters is 1. The van der Waals surface area contributed by atoms with E-state index in [1.807, 2.05) is 122 Å². The van der Waals surface area contributed by atoms with E-state index in [0.29, 0.717) is 17.2 Å². The highest BCUT2D eigenvalue weighted by molar-refractivity contribution is 6.02. The van der Waals surface area contributed by atoms with Crippen molar-refractivity contribution in [1.82, 2.24) is 4.57 Å². The number of phenolic OH excluding ortho intramolecular Hbond substituents is 1. The largest absolute Gasteiger partial charge is 0.507 e. The molecule has 0 saturated heterocycles. The molecule has 1 N–H and O–H groups in total. The van der Waals surface area contributed by atoms with Crippen LogP contribution in [0.25, 0.3) is 43.8 Å². The summed E-state index contributed by atoms with van der Waals surface area (Å²) in [5.41, 5.74) is 4.67. The quantitative estimate of drug-likeness (QED) is 0.153. The number of aryl methyl sites for hydroxylation is 1. The Kier molecular flexibility index (Phi) is 7.30. The SMILES string of the molecule is Cn1cccc1C(=O)Oc1ccc(-c2ccc3c(c2)OCO3)c2ccccc12.Oc1ccc(-c2ccc3c(c2)OCO3)c2ccccc12. The number of hydrogen-bond donors (Lipinski definition) is 1. The van der Waals surface area contributed by atoms with Crippen molar-refractivity contribution in [3.8, 4) is 56.8 Å². The highest BCUT2D eigenvalue weighted by Gasteiger charge is 2.18. The highest BCUT2D eigenvalue weighted by Crippen LogP contribution is 2.41. The van der Waals surface area contributed by atoms with Crippen LogP contribution in [0.5, 0.6) is 34.5 Å². The van der Waals surface area contributed by atoms with Crippen LogP contribution in [-0.2, 0) is 7.05 Å². The van der Waals surface area contributed by atoms with Crippen LogP contribution in [0.3, 0.4) is 0 Å². The summed E-state index contributed by atoms with van der Waals surface area (Å²) in [7, 11) is 1.82. The first-order valence-electron chi connectivity index (χ1n) is 15.4. The highest BCUT2D eigenvalue weighted by atomic mass is 16.7. The van der Waals surface area contributed by atoms with Crippen LogP contribution in [0.4, 0.5) is 0 Å². The Morgan fingerprint density at radius 3 is 1.75 bits per heavy atom. The number of benzene rings is 6. The fraction of sp³-hybridized carbons (Fsp3) is 0.0750. The summed E-state index contributed by atoms with van der Waals surface area (Å²) < 4.78 is 29.1. The van der Waals surface area contributed by atoms with Gasteiger partial charge in [-0.3, -0.25) is 0 Å². The molecule has 48 heavy (non-hydrogen) atoms. The summed E-state index contributed by atoms with van der Waals surface area (Å²) >= 11 is 0. The van der Waals surface area contributed by atoms with E-state index >= 15 is 0 Å². The first kappa shape index (κ1) is 29.0. The third kappa shape index (κ3) is 5.29. The first-order valence-corrected chi connectivity index (χ1v) is 15.4. The molecule has 0 aliphatic carbocycles. The Bertz CT molecular complexity index is 2340. The van der Waals surface area contributed by atoms with Crippen molar-refractivity contribution < 1.29 is 33.6 Å². The van der Waals surface area contributed by atoms with Gasteiger partial charge in [0.15, 0.2) is 23.0 Å². The zero-order valence-corrected chi connectivity index (χ0v) is 25.9. The topological polar surface area (TPSA) is 88.4 Å². The summed E-state index contributed by atoms with van der Waals surface area (Å²) in [6.07, 6.45) is 1.82. The molecule has 0 bridgehead atoms. The minimum atomic E-state index is -0.381. The molecule has 2 aliphatic rings. The van der Waals surface area contributed by atoms with Crippen molar-refractivity contribution in [3.05, 3.63) is 133 Å². The molecule has 0 saturated carbocycles. The van der Waals surface area contributed by atoms with Gasteiger partial charge < -0.3 is 33.4 Å². The van der Waals surface area contributed by atoms with Crippen molar-refractivity contribution >= 4 is 27.5 Å². The Balaban J connectivity index is 0.000000148. The number of hydrogen-bond acceptors (Lipinski definition) is 7. The summed E-state index contributed by atoms with van der Waals surface area (Å²) in [6, 6.07) is 38.5. The fourth-order valence-electron chi connectivity index (χ4n) is 6.10. The van der Waals surface area contributed by atoms with Crippen LogP contribution in [-0.4, -0.2) is 29.2 Å². The maximum Gasteiger partial charge on any atom is 0.360 e. The molecule has 2 aliphatic heterocycles. The van der Waals surface area contributed by atoms with Crippen molar-refractivity contribution in [1.29, 1.82) is 0 Å². The zero-order chi connectivity index (χ0) is 32.6. The summed E-state index contributed by atoms with van der Waals surface area (Å²) in [5.74, 6) is 3.48. The molecule has 6 aromatic carbocycles. The third-order valence-electron chi connectivity index (χ3n) is 8.51. The van der Waals surface area contributed by atoms with Crippen LogP contribution in [0, 0.1) is 0 Å². The summed E-state index contributed by atoms with van der Waals surface area (Å²) in [6.45, 7) is 0.517. The number of ether oxygens (including phenoxy) is 5. The van der Waals surface area contributed by atoms with Crippen molar-refractivity contribution in [2.45, 2.75) is 0 Å². The molecule has 7 aromatic rings. The van der Waals surface area contributed by atoms with Crippen LogP contribution in [0.15, 0.2) is 128 Å². The third-order valence-corrected chi connectivity index (χ3v) is 8.51. The normalized spacial score (nSPS) is 12.5. The van der Waals surface area contributed by atoms with Gasteiger partial charge in [0.25, 0.3) is 0 Å². The second kappa shape index (κ2) is 12.1. The summed E-state index contributed by atoms with van der Waals surface area (Å²) in [5, 5.41) is 13.7. The van der Waals surface area contributed by atoms with Crippen LogP contribution in [0.2, 0.25) is 0 Å². The minimum Gasteiger partial charge on any atom is -0.507 e. The lowest BCUT2D eigenvalue weighted by Gasteiger charge is -2.12. The van der Waals surface area contributed by atoms with Gasteiger partial charge >= 0.3 is 5.97 Å². The molecule has 3 heterocycles. The van der Waals surface area contributed by atoms with E-state index in [9.17, 15) is 9.90 Å². The molecule has 0 unspecified atom stereocenters. The van der Waals surface area contributed by atoms with Gasteiger partial charge in [0.05, 0.1) is 0 Å². The minimum absolute atomic E-state index is 0.244. The number of aromatic nitrogens is 1. The lowest BCUT2D eigenvalue weighted by molar-refractivity contribution is 0.0727. The number of carbonyl (C=O) groups is 1. The molecule has 8 heteroatoms. The molecule has 0 atom stereocenters. The van der Waals surface area contributed by atoms with E-state index < -0.39 is 0 Å². The van der Waals surface area contributed by atoms with Gasteiger partial charge in [-0.1, -0.05) is 72.8 Å². The van der Waals surface area contributed by atoms with Gasteiger partial charge in [-0.25, -0.2) is 4.79 Å². The van der Waals surface area contributed by atoms with Gasteiger partial charge in [-0.05, 0) is 81.6 Å². The lowest BCUT2D eigenvalue weighted by Crippen LogP contribution is -2.12. The Morgan fingerprint density at radius 2 is 1.15 bits per heavy atom. The molecule has 1 aromatic heterocycles. The number of phenols is 1. The van der Waals surface area contributed by atoms with Crippen molar-refractivity contribution in [2.75, 3.05) is 13.6 Å². The van der Waals surface area contributed by atoms with Gasteiger partial charge in [0.1, 0.15) is 17.2 Å². The van der Waals surface area contributed by atoms with E-state index in [-0.39, 0.29) is 19.6 Å². The standard InChI is InChI=1S/C23H17NO4.C17H12O3/c1-24-12-4-7-19(24)23(25)28-20-11-9-16(17-5-2-3-6-18(17)20)15-8-10-21-22(13-15)27-14-26-21;18-15-7-6-12(13-3-1-2-4-14(13)15)11-5-8-16-17(9-11)20-10-19-16/h2-13H,14H2,1H3;1-9,18H,10H2. The molecule has 0 amide bonds. The monoisotopic (exact) mass is 635 g/mol. The van der Waals surface area contributed by atoms with Crippen LogP contribution in [0.1, 0.15) is 10.5 Å². The predicted molar refractivity (Wildman–Crippen MR) is 183 cm³/mol. The Labute approximate surface area is 275 Å².